The van der Waals surface area contributed by atoms with Crippen molar-refractivity contribution in [2.75, 3.05) is 33.9 Å². The van der Waals surface area contributed by atoms with Crippen LogP contribution < -0.4 is 4.74 Å². The Balaban J connectivity index is 2.27. The highest BCUT2D eigenvalue weighted by Crippen LogP contribution is 2.17. The van der Waals surface area contributed by atoms with E-state index in [-0.39, 0.29) is 18.8 Å². The lowest BCUT2D eigenvalue weighted by Crippen LogP contribution is -2.38. The zero-order chi connectivity index (χ0) is 18.4. The zero-order valence-corrected chi connectivity index (χ0v) is 14.3. The summed E-state index contributed by atoms with van der Waals surface area (Å²) < 4.78 is 11.6. The molecule has 0 spiro atoms. The Morgan fingerprint density at radius 3 is 2.48 bits per heavy atom. The molecule has 0 fully saturated rings. The molecular weight excluding hydrogens is 328 g/mol. The third-order valence-electron chi connectivity index (χ3n) is 3.59. The Bertz CT molecular complexity index is 741. The van der Waals surface area contributed by atoms with Crippen molar-refractivity contribution < 1.29 is 24.2 Å². The van der Waals surface area contributed by atoms with Crippen LogP contribution in [0.4, 0.5) is 0 Å². The Morgan fingerprint density at radius 2 is 1.92 bits per heavy atom. The predicted molar refractivity (Wildman–Crippen MR) is 88.1 cm³/mol. The fourth-order valence-electron chi connectivity index (χ4n) is 2.26. The molecule has 1 N–H and O–H groups in total. The van der Waals surface area contributed by atoms with Gasteiger partial charge in [0.05, 0.1) is 25.1 Å². The van der Waals surface area contributed by atoms with Gasteiger partial charge in [-0.05, 0) is 31.2 Å². The molecule has 0 aliphatic rings. The lowest BCUT2D eigenvalue weighted by atomic mass is 10.2. The SMILES string of the molecule is COCCN(CC(=O)O)C(=O)c1nnn(-c2ccc(OC)cc2)c1C. The summed E-state index contributed by atoms with van der Waals surface area (Å²) in [6.45, 7) is 1.64. The highest BCUT2D eigenvalue weighted by atomic mass is 16.5. The molecule has 9 heteroatoms. The second-order valence-corrected chi connectivity index (χ2v) is 5.25. The predicted octanol–water partition coefficient (Wildman–Crippen LogP) is 0.758. The van der Waals surface area contributed by atoms with E-state index in [1.165, 1.54) is 16.7 Å². The molecule has 0 saturated carbocycles. The average molecular weight is 348 g/mol. The van der Waals surface area contributed by atoms with Gasteiger partial charge in [0.2, 0.25) is 0 Å². The molecule has 0 aliphatic heterocycles. The number of hydrogen-bond donors (Lipinski definition) is 1. The minimum atomic E-state index is -1.11. The van der Waals surface area contributed by atoms with Gasteiger partial charge in [-0.3, -0.25) is 9.59 Å². The number of carbonyl (C=O) groups is 2. The minimum Gasteiger partial charge on any atom is -0.497 e. The first kappa shape index (κ1) is 18.4. The molecule has 25 heavy (non-hydrogen) atoms. The standard InChI is InChI=1S/C16H20N4O5/c1-11-15(16(23)19(8-9-24-2)10-14(21)22)17-18-20(11)12-4-6-13(25-3)7-5-12/h4-7H,8-10H2,1-3H3,(H,21,22). The number of ether oxygens (including phenoxy) is 2. The minimum absolute atomic E-state index is 0.105. The molecule has 2 aromatic rings. The number of benzene rings is 1. The van der Waals surface area contributed by atoms with Gasteiger partial charge < -0.3 is 19.5 Å². The number of carboxylic acid groups (broad SMARTS) is 1. The molecule has 0 aliphatic carbocycles. The van der Waals surface area contributed by atoms with Crippen LogP contribution in [0, 0.1) is 6.92 Å². The molecule has 1 aromatic carbocycles. The lowest BCUT2D eigenvalue weighted by Gasteiger charge is -2.19. The number of amides is 1. The van der Waals surface area contributed by atoms with Gasteiger partial charge in [-0.25, -0.2) is 4.68 Å². The van der Waals surface area contributed by atoms with Gasteiger partial charge in [0.15, 0.2) is 5.69 Å². The van der Waals surface area contributed by atoms with E-state index in [4.69, 9.17) is 14.6 Å². The van der Waals surface area contributed by atoms with E-state index in [1.54, 1.807) is 38.3 Å². The third kappa shape index (κ3) is 4.32. The van der Waals surface area contributed by atoms with E-state index in [1.807, 2.05) is 0 Å². The normalized spacial score (nSPS) is 10.5. The first-order valence-corrected chi connectivity index (χ1v) is 7.54. The van der Waals surface area contributed by atoms with E-state index < -0.39 is 18.4 Å². The van der Waals surface area contributed by atoms with Gasteiger partial charge in [0.1, 0.15) is 12.3 Å². The molecule has 0 atom stereocenters. The van der Waals surface area contributed by atoms with Crippen LogP contribution in [0.3, 0.4) is 0 Å². The number of hydrogen-bond acceptors (Lipinski definition) is 6. The van der Waals surface area contributed by atoms with Crippen molar-refractivity contribution in [2.45, 2.75) is 6.92 Å². The van der Waals surface area contributed by atoms with Crippen molar-refractivity contribution in [3.05, 3.63) is 35.7 Å². The highest BCUT2D eigenvalue weighted by Gasteiger charge is 2.24. The molecule has 0 saturated heterocycles. The first-order valence-electron chi connectivity index (χ1n) is 7.54. The van der Waals surface area contributed by atoms with Crippen LogP contribution in [0.1, 0.15) is 16.2 Å². The fourth-order valence-corrected chi connectivity index (χ4v) is 2.26. The molecule has 134 valence electrons. The molecule has 0 bridgehead atoms. The number of methoxy groups -OCH3 is 2. The smallest absolute Gasteiger partial charge is 0.323 e. The summed E-state index contributed by atoms with van der Waals surface area (Å²) in [5, 5.41) is 16.9. The second-order valence-electron chi connectivity index (χ2n) is 5.25. The maximum absolute atomic E-state index is 12.6. The Morgan fingerprint density at radius 1 is 1.24 bits per heavy atom. The van der Waals surface area contributed by atoms with E-state index >= 15 is 0 Å². The first-order chi connectivity index (χ1) is 12.0. The monoisotopic (exact) mass is 348 g/mol. The number of carboxylic acids is 1. The van der Waals surface area contributed by atoms with Gasteiger partial charge in [0.25, 0.3) is 5.91 Å². The summed E-state index contributed by atoms with van der Waals surface area (Å²) in [6.07, 6.45) is 0. The average Bonchev–Trinajstić information content (AvgIpc) is 2.99. The molecule has 9 nitrogen and oxygen atoms in total. The van der Waals surface area contributed by atoms with Gasteiger partial charge >= 0.3 is 5.97 Å². The summed E-state index contributed by atoms with van der Waals surface area (Å²) >= 11 is 0. The summed E-state index contributed by atoms with van der Waals surface area (Å²) in [5.41, 5.74) is 1.34. The van der Waals surface area contributed by atoms with Crippen molar-refractivity contribution in [1.29, 1.82) is 0 Å². The Kier molecular flexibility index (Phi) is 6.07. The largest absolute Gasteiger partial charge is 0.497 e. The van der Waals surface area contributed by atoms with E-state index in [9.17, 15) is 9.59 Å². The molecule has 0 unspecified atom stereocenters. The summed E-state index contributed by atoms with van der Waals surface area (Å²) in [6, 6.07) is 7.12. The highest BCUT2D eigenvalue weighted by molar-refractivity contribution is 5.95. The molecular formula is C16H20N4O5. The van der Waals surface area contributed by atoms with E-state index in [2.05, 4.69) is 10.3 Å². The summed E-state index contributed by atoms with van der Waals surface area (Å²) in [7, 11) is 3.05. The van der Waals surface area contributed by atoms with Crippen LogP contribution in [-0.2, 0) is 9.53 Å². The van der Waals surface area contributed by atoms with Crippen molar-refractivity contribution >= 4 is 11.9 Å². The van der Waals surface area contributed by atoms with Crippen molar-refractivity contribution in [1.82, 2.24) is 19.9 Å². The number of nitrogens with zero attached hydrogens (tertiary/aromatic N) is 4. The van der Waals surface area contributed by atoms with E-state index in [0.29, 0.717) is 17.1 Å². The number of rotatable bonds is 8. The van der Waals surface area contributed by atoms with Crippen LogP contribution in [0.5, 0.6) is 5.75 Å². The van der Waals surface area contributed by atoms with Crippen LogP contribution in [-0.4, -0.2) is 70.8 Å². The van der Waals surface area contributed by atoms with Gasteiger partial charge in [-0.15, -0.1) is 5.10 Å². The quantitative estimate of drug-likeness (QED) is 0.750. The van der Waals surface area contributed by atoms with Crippen molar-refractivity contribution in [2.24, 2.45) is 0 Å². The molecule has 1 aromatic heterocycles. The fraction of sp³-hybridized carbons (Fsp3) is 0.375. The van der Waals surface area contributed by atoms with Crippen molar-refractivity contribution in [3.8, 4) is 11.4 Å². The third-order valence-corrected chi connectivity index (χ3v) is 3.59. The van der Waals surface area contributed by atoms with Crippen LogP contribution in [0.2, 0.25) is 0 Å². The topological polar surface area (TPSA) is 107 Å². The number of carbonyl (C=O) groups excluding carboxylic acids is 1. The summed E-state index contributed by atoms with van der Waals surface area (Å²) in [5.74, 6) is -0.911. The number of aliphatic carboxylic acids is 1. The Hall–Kier alpha value is -2.94. The van der Waals surface area contributed by atoms with Gasteiger partial charge in [0, 0.05) is 13.7 Å². The molecule has 1 amide bonds. The van der Waals surface area contributed by atoms with Crippen LogP contribution in [0.15, 0.2) is 24.3 Å². The van der Waals surface area contributed by atoms with Crippen molar-refractivity contribution in [3.63, 3.8) is 0 Å². The Labute approximate surface area is 144 Å². The second kappa shape index (κ2) is 8.25. The summed E-state index contributed by atoms with van der Waals surface area (Å²) in [4.78, 5) is 24.8. The molecule has 2 rings (SSSR count). The molecule has 0 radical (unpaired) electrons. The van der Waals surface area contributed by atoms with Crippen LogP contribution >= 0.6 is 0 Å². The zero-order valence-electron chi connectivity index (χ0n) is 14.3. The van der Waals surface area contributed by atoms with Crippen LogP contribution in [0.25, 0.3) is 5.69 Å². The molecule has 1 heterocycles. The maximum atomic E-state index is 12.6. The van der Waals surface area contributed by atoms with E-state index in [0.717, 1.165) is 0 Å². The van der Waals surface area contributed by atoms with Gasteiger partial charge in [-0.1, -0.05) is 5.21 Å². The lowest BCUT2D eigenvalue weighted by molar-refractivity contribution is -0.137. The van der Waals surface area contributed by atoms with Gasteiger partial charge in [-0.2, -0.15) is 0 Å². The number of aromatic nitrogens is 3. The maximum Gasteiger partial charge on any atom is 0.323 e.